The lowest BCUT2D eigenvalue weighted by molar-refractivity contribution is 0.178. The third kappa shape index (κ3) is 1.99. The summed E-state index contributed by atoms with van der Waals surface area (Å²) >= 11 is 6.01. The molecule has 5 heteroatoms. The molecular weight excluding hydrogens is 228 g/mol. The number of aryl methyl sites for hydroxylation is 1. The van der Waals surface area contributed by atoms with E-state index in [2.05, 4.69) is 5.10 Å². The molecule has 1 unspecified atom stereocenters. The van der Waals surface area contributed by atoms with Gasteiger partial charge in [0.2, 0.25) is 0 Å². The topological polar surface area (TPSA) is 51.2 Å². The lowest BCUT2D eigenvalue weighted by Gasteiger charge is -2.11. The van der Waals surface area contributed by atoms with Crippen LogP contribution >= 0.6 is 11.6 Å². The van der Waals surface area contributed by atoms with Gasteiger partial charge in [0.05, 0.1) is 23.2 Å². The summed E-state index contributed by atoms with van der Waals surface area (Å²) in [6.45, 7) is 2.76. The summed E-state index contributed by atoms with van der Waals surface area (Å²) in [6.07, 6.45) is 3.12. The summed E-state index contributed by atoms with van der Waals surface area (Å²) in [6, 6.07) is 3.44. The van der Waals surface area contributed by atoms with Gasteiger partial charge < -0.3 is 9.52 Å². The van der Waals surface area contributed by atoms with Crippen molar-refractivity contribution in [1.29, 1.82) is 0 Å². The summed E-state index contributed by atoms with van der Waals surface area (Å²) < 4.78 is 6.86. The van der Waals surface area contributed by atoms with E-state index in [1.165, 1.54) is 6.26 Å². The van der Waals surface area contributed by atoms with Crippen molar-refractivity contribution in [2.24, 2.45) is 0 Å². The van der Waals surface area contributed by atoms with Gasteiger partial charge in [0.15, 0.2) is 6.10 Å². The Balaban J connectivity index is 2.35. The van der Waals surface area contributed by atoms with E-state index in [1.807, 2.05) is 6.92 Å². The minimum absolute atomic E-state index is 0.456. The van der Waals surface area contributed by atoms with E-state index in [0.29, 0.717) is 16.5 Å². The Labute approximate surface area is 98.4 Å². The Morgan fingerprint density at radius 2 is 2.44 bits per heavy atom. The third-order valence-corrected chi connectivity index (χ3v) is 2.63. The Morgan fingerprint density at radius 1 is 1.62 bits per heavy atom. The molecule has 2 aromatic rings. The van der Waals surface area contributed by atoms with Crippen molar-refractivity contribution in [2.45, 2.75) is 26.0 Å². The molecule has 0 aliphatic carbocycles. The van der Waals surface area contributed by atoms with Crippen molar-refractivity contribution in [1.82, 2.24) is 9.78 Å². The largest absolute Gasteiger partial charge is 0.466 e. The molecule has 1 N–H and O–H groups in total. The molecule has 0 amide bonds. The maximum absolute atomic E-state index is 10.1. The van der Waals surface area contributed by atoms with Crippen molar-refractivity contribution in [3.63, 3.8) is 0 Å². The highest BCUT2D eigenvalue weighted by Crippen LogP contribution is 2.28. The van der Waals surface area contributed by atoms with Crippen LogP contribution in [0.2, 0.25) is 5.02 Å². The number of hydrogen-bond donors (Lipinski definition) is 1. The van der Waals surface area contributed by atoms with Gasteiger partial charge in [0, 0.05) is 6.54 Å². The Bertz CT molecular complexity index is 451. The van der Waals surface area contributed by atoms with Gasteiger partial charge in [-0.05, 0) is 18.6 Å². The Hall–Kier alpha value is -1.26. The molecule has 0 saturated heterocycles. The zero-order valence-corrected chi connectivity index (χ0v) is 9.68. The van der Waals surface area contributed by atoms with Crippen molar-refractivity contribution in [3.8, 4) is 0 Å². The van der Waals surface area contributed by atoms with Crippen LogP contribution in [0.15, 0.2) is 29.0 Å². The summed E-state index contributed by atoms with van der Waals surface area (Å²) in [4.78, 5) is 0. The number of rotatable bonds is 4. The number of aliphatic hydroxyl groups is 1. The van der Waals surface area contributed by atoms with E-state index in [4.69, 9.17) is 16.0 Å². The number of nitrogens with zero attached hydrogens (tertiary/aromatic N) is 2. The first kappa shape index (κ1) is 11.2. The predicted molar refractivity (Wildman–Crippen MR) is 60.3 cm³/mol. The van der Waals surface area contributed by atoms with Gasteiger partial charge in [-0.1, -0.05) is 18.5 Å². The van der Waals surface area contributed by atoms with Crippen molar-refractivity contribution in [2.75, 3.05) is 0 Å². The highest BCUT2D eigenvalue weighted by Gasteiger charge is 2.21. The first-order valence-electron chi connectivity index (χ1n) is 5.16. The zero-order valence-electron chi connectivity index (χ0n) is 8.93. The summed E-state index contributed by atoms with van der Waals surface area (Å²) in [7, 11) is 0. The van der Waals surface area contributed by atoms with E-state index >= 15 is 0 Å². The van der Waals surface area contributed by atoms with Gasteiger partial charge in [-0.2, -0.15) is 5.10 Å². The minimum Gasteiger partial charge on any atom is -0.466 e. The number of aliphatic hydroxyl groups excluding tert-OH is 1. The number of furan rings is 1. The fraction of sp³-hybridized carbons (Fsp3) is 0.364. The molecule has 0 aliphatic rings. The molecule has 2 aromatic heterocycles. The van der Waals surface area contributed by atoms with Gasteiger partial charge >= 0.3 is 0 Å². The smallest absolute Gasteiger partial charge is 0.155 e. The van der Waals surface area contributed by atoms with Crippen molar-refractivity contribution >= 4 is 11.6 Å². The maximum atomic E-state index is 10.1. The first-order chi connectivity index (χ1) is 7.74. The van der Waals surface area contributed by atoms with E-state index in [1.54, 1.807) is 23.0 Å². The molecule has 1 atom stereocenters. The summed E-state index contributed by atoms with van der Waals surface area (Å²) in [5, 5.41) is 14.7. The second-order valence-corrected chi connectivity index (χ2v) is 3.93. The molecule has 2 heterocycles. The second-order valence-electron chi connectivity index (χ2n) is 3.52. The molecule has 86 valence electrons. The SMILES string of the molecule is CCCn1ncc(Cl)c1C(O)c1ccco1. The molecular formula is C11H13ClN2O2. The van der Waals surface area contributed by atoms with Crippen LogP contribution in [0.25, 0.3) is 0 Å². The second kappa shape index (κ2) is 4.72. The molecule has 0 spiro atoms. The van der Waals surface area contributed by atoms with Crippen molar-refractivity contribution < 1.29 is 9.52 Å². The predicted octanol–water partition coefficient (Wildman–Crippen LogP) is 2.62. The number of aromatic nitrogens is 2. The van der Waals surface area contributed by atoms with E-state index < -0.39 is 6.10 Å². The zero-order chi connectivity index (χ0) is 11.5. The van der Waals surface area contributed by atoms with E-state index in [9.17, 15) is 5.11 Å². The standard InChI is InChI=1S/C11H13ClN2O2/c1-2-5-14-10(8(12)7-13-14)11(15)9-4-3-6-16-9/h3-4,6-7,11,15H,2,5H2,1H3. The number of halogens is 1. The average Bonchev–Trinajstić information content (AvgIpc) is 2.88. The molecule has 0 saturated carbocycles. The van der Waals surface area contributed by atoms with E-state index in [0.717, 1.165) is 13.0 Å². The van der Waals surface area contributed by atoms with Gasteiger partial charge in [-0.15, -0.1) is 0 Å². The van der Waals surface area contributed by atoms with Gasteiger partial charge in [0.1, 0.15) is 5.76 Å². The Morgan fingerprint density at radius 3 is 3.06 bits per heavy atom. The minimum atomic E-state index is -0.864. The molecule has 16 heavy (non-hydrogen) atoms. The monoisotopic (exact) mass is 240 g/mol. The molecule has 0 aliphatic heterocycles. The lowest BCUT2D eigenvalue weighted by atomic mass is 10.2. The fourth-order valence-electron chi connectivity index (χ4n) is 1.62. The number of hydrogen-bond acceptors (Lipinski definition) is 3. The molecule has 0 fully saturated rings. The van der Waals surface area contributed by atoms with Gasteiger partial charge in [-0.3, -0.25) is 4.68 Å². The van der Waals surface area contributed by atoms with Crippen LogP contribution < -0.4 is 0 Å². The van der Waals surface area contributed by atoms with Crippen LogP contribution in [0.1, 0.15) is 30.9 Å². The average molecular weight is 241 g/mol. The highest BCUT2D eigenvalue weighted by atomic mass is 35.5. The maximum Gasteiger partial charge on any atom is 0.155 e. The molecule has 0 aromatic carbocycles. The van der Waals surface area contributed by atoms with Crippen molar-refractivity contribution in [3.05, 3.63) is 41.1 Å². The van der Waals surface area contributed by atoms with Crippen LogP contribution in [-0.4, -0.2) is 14.9 Å². The lowest BCUT2D eigenvalue weighted by Crippen LogP contribution is -2.10. The molecule has 0 radical (unpaired) electrons. The van der Waals surface area contributed by atoms with Crippen LogP contribution in [-0.2, 0) is 6.54 Å². The fourth-order valence-corrected chi connectivity index (χ4v) is 1.86. The van der Waals surface area contributed by atoms with Crippen LogP contribution in [0.3, 0.4) is 0 Å². The third-order valence-electron chi connectivity index (χ3n) is 2.34. The van der Waals surface area contributed by atoms with Crippen LogP contribution in [0, 0.1) is 0 Å². The van der Waals surface area contributed by atoms with Gasteiger partial charge in [0.25, 0.3) is 0 Å². The van der Waals surface area contributed by atoms with Crippen LogP contribution in [0.5, 0.6) is 0 Å². The summed E-state index contributed by atoms with van der Waals surface area (Å²) in [5.74, 6) is 0.472. The quantitative estimate of drug-likeness (QED) is 0.894. The molecule has 2 rings (SSSR count). The normalized spacial score (nSPS) is 12.9. The Kier molecular flexibility index (Phi) is 3.31. The first-order valence-corrected chi connectivity index (χ1v) is 5.54. The van der Waals surface area contributed by atoms with Gasteiger partial charge in [-0.25, -0.2) is 0 Å². The van der Waals surface area contributed by atoms with Crippen LogP contribution in [0.4, 0.5) is 0 Å². The van der Waals surface area contributed by atoms with E-state index in [-0.39, 0.29) is 0 Å². The molecule has 4 nitrogen and oxygen atoms in total. The summed E-state index contributed by atoms with van der Waals surface area (Å²) in [5.41, 5.74) is 0.582. The molecule has 0 bridgehead atoms. The highest BCUT2D eigenvalue weighted by molar-refractivity contribution is 6.31.